The van der Waals surface area contributed by atoms with Crippen molar-refractivity contribution in [2.24, 2.45) is 4.99 Å². The summed E-state index contributed by atoms with van der Waals surface area (Å²) < 4.78 is 5.24. The molecule has 100 valence electrons. The first-order valence-corrected chi connectivity index (χ1v) is 6.84. The fourth-order valence-electron chi connectivity index (χ4n) is 1.60. The maximum absolute atomic E-state index is 11.7. The molecule has 2 rings (SSSR count). The van der Waals surface area contributed by atoms with Crippen molar-refractivity contribution in [3.8, 4) is 0 Å². The number of hydrogen-bond acceptors (Lipinski definition) is 5. The van der Waals surface area contributed by atoms with Crippen LogP contribution in [0.3, 0.4) is 0 Å². The van der Waals surface area contributed by atoms with E-state index in [-0.39, 0.29) is 5.12 Å². The van der Waals surface area contributed by atoms with Gasteiger partial charge in [-0.05, 0) is 30.7 Å². The molecular formula is C14H16N2O2S. The Hall–Kier alpha value is -1.75. The summed E-state index contributed by atoms with van der Waals surface area (Å²) in [7, 11) is 3.98. The summed E-state index contributed by atoms with van der Waals surface area (Å²) in [6, 6.07) is 7.95. The third-order valence-corrected chi connectivity index (χ3v) is 3.36. The zero-order valence-corrected chi connectivity index (χ0v) is 12.0. The highest BCUT2D eigenvalue weighted by Gasteiger charge is 2.23. The Morgan fingerprint density at radius 1 is 1.32 bits per heavy atom. The molecule has 1 aliphatic heterocycles. The van der Waals surface area contributed by atoms with E-state index in [0.717, 1.165) is 23.0 Å². The molecule has 0 saturated carbocycles. The highest BCUT2D eigenvalue weighted by molar-refractivity contribution is 8.26. The maximum Gasteiger partial charge on any atom is 0.259 e. The second-order valence-electron chi connectivity index (χ2n) is 4.22. The number of carbonyl (C=O) groups excluding carboxylic acids is 1. The van der Waals surface area contributed by atoms with Crippen molar-refractivity contribution in [2.45, 2.75) is 6.92 Å². The van der Waals surface area contributed by atoms with Gasteiger partial charge in [-0.3, -0.25) is 4.79 Å². The molecule has 0 saturated heterocycles. The molecule has 0 aliphatic carbocycles. The SMILES string of the molecule is CCOC1=N/C(=C/c2ccc(N(C)C)cc2)C(=O)S1. The number of anilines is 1. The number of nitrogens with zero attached hydrogens (tertiary/aromatic N) is 2. The van der Waals surface area contributed by atoms with Gasteiger partial charge >= 0.3 is 0 Å². The molecule has 4 nitrogen and oxygen atoms in total. The lowest BCUT2D eigenvalue weighted by atomic mass is 10.1. The minimum Gasteiger partial charge on any atom is -0.473 e. The molecule has 0 fully saturated rings. The zero-order valence-electron chi connectivity index (χ0n) is 11.2. The Labute approximate surface area is 117 Å². The number of carbonyl (C=O) groups is 1. The van der Waals surface area contributed by atoms with Gasteiger partial charge in [-0.25, -0.2) is 4.99 Å². The second kappa shape index (κ2) is 5.93. The largest absolute Gasteiger partial charge is 0.473 e. The number of thioether (sulfide) groups is 1. The lowest BCUT2D eigenvalue weighted by Crippen LogP contribution is -2.07. The van der Waals surface area contributed by atoms with Gasteiger partial charge in [0.1, 0.15) is 5.70 Å². The van der Waals surface area contributed by atoms with Gasteiger partial charge < -0.3 is 9.64 Å². The van der Waals surface area contributed by atoms with Crippen molar-refractivity contribution in [3.05, 3.63) is 35.5 Å². The van der Waals surface area contributed by atoms with Gasteiger partial charge in [0.05, 0.1) is 6.61 Å². The first-order valence-electron chi connectivity index (χ1n) is 6.03. The molecule has 0 bridgehead atoms. The summed E-state index contributed by atoms with van der Waals surface area (Å²) in [5, 5.41) is 0.365. The van der Waals surface area contributed by atoms with Gasteiger partial charge in [-0.15, -0.1) is 0 Å². The van der Waals surface area contributed by atoms with Crippen LogP contribution in [0.1, 0.15) is 12.5 Å². The maximum atomic E-state index is 11.7. The zero-order chi connectivity index (χ0) is 13.8. The summed E-state index contributed by atoms with van der Waals surface area (Å²) in [5.74, 6) is 0. The number of ether oxygens (including phenoxy) is 1. The molecule has 0 radical (unpaired) electrons. The van der Waals surface area contributed by atoms with Gasteiger partial charge in [0, 0.05) is 31.5 Å². The predicted octanol–water partition coefficient (Wildman–Crippen LogP) is 2.76. The molecular weight excluding hydrogens is 260 g/mol. The van der Waals surface area contributed by atoms with Gasteiger partial charge in [0.2, 0.25) is 5.12 Å². The molecule has 0 spiro atoms. The number of benzene rings is 1. The molecule has 0 amide bonds. The van der Waals surface area contributed by atoms with Crippen molar-refractivity contribution in [3.63, 3.8) is 0 Å². The third kappa shape index (κ3) is 3.38. The Bertz CT molecular complexity index is 533. The lowest BCUT2D eigenvalue weighted by molar-refractivity contribution is -0.107. The first kappa shape index (κ1) is 13.7. The number of hydrogen-bond donors (Lipinski definition) is 0. The van der Waals surface area contributed by atoms with E-state index < -0.39 is 0 Å². The van der Waals surface area contributed by atoms with E-state index in [1.807, 2.05) is 50.2 Å². The summed E-state index contributed by atoms with van der Waals surface area (Å²) in [6.07, 6.45) is 1.78. The fraction of sp³-hybridized carbons (Fsp3) is 0.286. The van der Waals surface area contributed by atoms with Crippen LogP contribution in [0.5, 0.6) is 0 Å². The van der Waals surface area contributed by atoms with E-state index in [4.69, 9.17) is 4.74 Å². The van der Waals surface area contributed by atoms with Crippen LogP contribution in [0.2, 0.25) is 0 Å². The van der Waals surface area contributed by atoms with Crippen LogP contribution < -0.4 is 4.90 Å². The van der Waals surface area contributed by atoms with E-state index in [9.17, 15) is 4.79 Å². The Morgan fingerprint density at radius 3 is 2.58 bits per heavy atom. The Kier molecular flexibility index (Phi) is 4.27. The number of aliphatic imine (C=N–C) groups is 1. The van der Waals surface area contributed by atoms with Gasteiger partial charge in [0.25, 0.3) is 5.23 Å². The average molecular weight is 276 g/mol. The molecule has 5 heteroatoms. The van der Waals surface area contributed by atoms with Crippen molar-refractivity contribution in [2.75, 3.05) is 25.6 Å². The molecule has 1 aromatic carbocycles. The minimum absolute atomic E-state index is 0.0693. The molecule has 0 aromatic heterocycles. The van der Waals surface area contributed by atoms with Gasteiger partial charge in [-0.1, -0.05) is 12.1 Å². The summed E-state index contributed by atoms with van der Waals surface area (Å²) in [6.45, 7) is 2.39. The Balaban J connectivity index is 2.19. The molecule has 0 unspecified atom stereocenters. The first-order chi connectivity index (χ1) is 9.10. The monoisotopic (exact) mass is 276 g/mol. The molecule has 1 aromatic rings. The van der Waals surface area contributed by atoms with Crippen LogP contribution in [-0.4, -0.2) is 31.0 Å². The topological polar surface area (TPSA) is 41.9 Å². The van der Waals surface area contributed by atoms with Crippen molar-refractivity contribution in [1.29, 1.82) is 0 Å². The summed E-state index contributed by atoms with van der Waals surface area (Å²) in [5.41, 5.74) is 2.51. The van der Waals surface area contributed by atoms with Gasteiger partial charge in [-0.2, -0.15) is 0 Å². The van der Waals surface area contributed by atoms with Crippen LogP contribution in [0.25, 0.3) is 6.08 Å². The van der Waals surface area contributed by atoms with Crippen molar-refractivity contribution >= 4 is 33.9 Å². The van der Waals surface area contributed by atoms with Gasteiger partial charge in [0.15, 0.2) is 0 Å². The smallest absolute Gasteiger partial charge is 0.259 e. The lowest BCUT2D eigenvalue weighted by Gasteiger charge is -2.11. The third-order valence-electron chi connectivity index (χ3n) is 2.58. The molecule has 1 aliphatic rings. The number of rotatable bonds is 3. The summed E-state index contributed by atoms with van der Waals surface area (Å²) in [4.78, 5) is 17.9. The van der Waals surface area contributed by atoms with E-state index in [0.29, 0.717) is 17.5 Å². The molecule has 19 heavy (non-hydrogen) atoms. The van der Waals surface area contributed by atoms with Crippen LogP contribution in [0, 0.1) is 0 Å². The normalized spacial score (nSPS) is 16.7. The fourth-order valence-corrected chi connectivity index (χ4v) is 2.29. The van der Waals surface area contributed by atoms with Crippen LogP contribution in [-0.2, 0) is 9.53 Å². The van der Waals surface area contributed by atoms with Crippen LogP contribution >= 0.6 is 11.8 Å². The highest BCUT2D eigenvalue weighted by atomic mass is 32.2. The highest BCUT2D eigenvalue weighted by Crippen LogP contribution is 2.26. The standard InChI is InChI=1S/C14H16N2O2S/c1-4-18-14-15-12(13(17)19-14)9-10-5-7-11(8-6-10)16(2)3/h5-9H,4H2,1-3H3/b12-9+. The quantitative estimate of drug-likeness (QED) is 0.796. The summed E-state index contributed by atoms with van der Waals surface area (Å²) >= 11 is 1.04. The predicted molar refractivity (Wildman–Crippen MR) is 80.4 cm³/mol. The minimum atomic E-state index is -0.0693. The van der Waals surface area contributed by atoms with Crippen molar-refractivity contribution < 1.29 is 9.53 Å². The van der Waals surface area contributed by atoms with Crippen LogP contribution in [0.4, 0.5) is 5.69 Å². The van der Waals surface area contributed by atoms with Crippen LogP contribution in [0.15, 0.2) is 35.0 Å². The Morgan fingerprint density at radius 2 is 2.00 bits per heavy atom. The van der Waals surface area contributed by atoms with E-state index >= 15 is 0 Å². The average Bonchev–Trinajstić information content (AvgIpc) is 2.71. The molecule has 0 N–H and O–H groups in total. The van der Waals surface area contributed by atoms with E-state index in [1.54, 1.807) is 6.08 Å². The van der Waals surface area contributed by atoms with E-state index in [1.165, 1.54) is 0 Å². The second-order valence-corrected chi connectivity index (χ2v) is 5.14. The van der Waals surface area contributed by atoms with Crippen molar-refractivity contribution in [1.82, 2.24) is 0 Å². The molecule has 0 atom stereocenters. The molecule has 1 heterocycles. The van der Waals surface area contributed by atoms with E-state index in [2.05, 4.69) is 4.99 Å².